The molecule has 0 atom stereocenters. The minimum Gasteiger partial charge on any atom is -0.464 e. The molecule has 1 aromatic carbocycles. The number of imidazole rings is 1. The maximum Gasteiger partial charge on any atom is 0.410 e. The Morgan fingerprint density at radius 2 is 2.07 bits per heavy atom. The van der Waals surface area contributed by atoms with Crippen LogP contribution in [0.5, 0.6) is 6.01 Å². The lowest BCUT2D eigenvalue weighted by molar-refractivity contribution is -0.384. The van der Waals surface area contributed by atoms with E-state index in [9.17, 15) is 14.9 Å². The van der Waals surface area contributed by atoms with Crippen LogP contribution in [0.15, 0.2) is 18.2 Å². The van der Waals surface area contributed by atoms with E-state index < -0.39 is 10.5 Å². The van der Waals surface area contributed by atoms with Crippen LogP contribution in [0.1, 0.15) is 33.6 Å². The third-order valence-corrected chi connectivity index (χ3v) is 4.38. The molecule has 27 heavy (non-hydrogen) atoms. The van der Waals surface area contributed by atoms with Crippen LogP contribution >= 0.6 is 0 Å². The number of nitro benzene ring substituents is 1. The summed E-state index contributed by atoms with van der Waals surface area (Å²) in [5.41, 5.74) is 0.703. The number of carbonyl (C=O) groups excluding carboxylic acids is 1. The molecule has 9 heteroatoms. The van der Waals surface area contributed by atoms with E-state index in [1.807, 2.05) is 20.8 Å². The maximum atomic E-state index is 12.1. The largest absolute Gasteiger partial charge is 0.464 e. The summed E-state index contributed by atoms with van der Waals surface area (Å²) in [5, 5.41) is 10.8. The van der Waals surface area contributed by atoms with Gasteiger partial charge in [0.1, 0.15) is 5.60 Å². The highest BCUT2D eigenvalue weighted by Gasteiger charge is 2.27. The van der Waals surface area contributed by atoms with Gasteiger partial charge in [-0.25, -0.2) is 4.79 Å². The predicted octanol–water partition coefficient (Wildman–Crippen LogP) is 3.50. The number of rotatable bonds is 4. The van der Waals surface area contributed by atoms with Crippen LogP contribution in [-0.4, -0.2) is 51.2 Å². The molecule has 0 spiro atoms. The molecule has 0 saturated carbocycles. The normalized spacial score (nSPS) is 15.7. The van der Waals surface area contributed by atoms with Gasteiger partial charge in [-0.05, 0) is 45.6 Å². The Labute approximate surface area is 156 Å². The van der Waals surface area contributed by atoms with Gasteiger partial charge in [0.25, 0.3) is 11.7 Å². The van der Waals surface area contributed by atoms with Crippen molar-refractivity contribution in [3.63, 3.8) is 0 Å². The summed E-state index contributed by atoms with van der Waals surface area (Å²) in [6.45, 7) is 7.31. The highest BCUT2D eigenvalue weighted by Crippen LogP contribution is 2.23. The average molecular weight is 376 g/mol. The van der Waals surface area contributed by atoms with Crippen molar-refractivity contribution in [2.75, 3.05) is 19.7 Å². The Morgan fingerprint density at radius 3 is 2.70 bits per heavy atom. The molecule has 2 aromatic rings. The van der Waals surface area contributed by atoms with Gasteiger partial charge in [0.05, 0.1) is 22.6 Å². The molecule has 1 aliphatic heterocycles. The molecule has 2 heterocycles. The zero-order valence-electron chi connectivity index (χ0n) is 15.7. The molecule has 1 N–H and O–H groups in total. The number of carbonyl (C=O) groups is 1. The molecule has 1 saturated heterocycles. The van der Waals surface area contributed by atoms with Crippen LogP contribution in [-0.2, 0) is 4.74 Å². The fraction of sp³-hybridized carbons (Fsp3) is 0.556. The number of non-ortho nitro benzene ring substituents is 1. The standard InChI is InChI=1S/C18H24N4O5/c1-18(2,3)27-17(23)21-8-6-12(7-9-21)11-26-16-19-14-5-4-13(22(24)25)10-15(14)20-16/h4-5,10,12H,6-9,11H2,1-3H3,(H,19,20). The summed E-state index contributed by atoms with van der Waals surface area (Å²) in [7, 11) is 0. The average Bonchev–Trinajstić information content (AvgIpc) is 3.01. The van der Waals surface area contributed by atoms with Gasteiger partial charge in [-0.2, -0.15) is 4.98 Å². The van der Waals surface area contributed by atoms with Gasteiger partial charge < -0.3 is 19.4 Å². The van der Waals surface area contributed by atoms with Gasteiger partial charge >= 0.3 is 6.09 Å². The van der Waals surface area contributed by atoms with Crippen molar-refractivity contribution in [2.45, 2.75) is 39.2 Å². The van der Waals surface area contributed by atoms with E-state index in [1.54, 1.807) is 11.0 Å². The van der Waals surface area contributed by atoms with E-state index >= 15 is 0 Å². The van der Waals surface area contributed by atoms with Crippen molar-refractivity contribution in [1.29, 1.82) is 0 Å². The number of ether oxygens (including phenoxy) is 2. The van der Waals surface area contributed by atoms with Crippen LogP contribution in [0.4, 0.5) is 10.5 Å². The number of likely N-dealkylation sites (tertiary alicyclic amines) is 1. The first-order chi connectivity index (χ1) is 12.7. The van der Waals surface area contributed by atoms with Gasteiger partial charge in [-0.3, -0.25) is 10.1 Å². The fourth-order valence-corrected chi connectivity index (χ4v) is 2.96. The number of H-pyrrole nitrogens is 1. The van der Waals surface area contributed by atoms with Gasteiger partial charge in [0.2, 0.25) is 0 Å². The Hall–Kier alpha value is -2.84. The van der Waals surface area contributed by atoms with Crippen LogP contribution in [0.25, 0.3) is 11.0 Å². The number of benzene rings is 1. The third kappa shape index (κ3) is 4.87. The first-order valence-corrected chi connectivity index (χ1v) is 8.96. The minimum atomic E-state index is -0.493. The molecule has 1 amide bonds. The lowest BCUT2D eigenvalue weighted by Gasteiger charge is -2.33. The van der Waals surface area contributed by atoms with Gasteiger partial charge in [0, 0.05) is 25.2 Å². The number of nitrogens with one attached hydrogen (secondary N) is 1. The molecule has 0 aliphatic carbocycles. The number of hydrogen-bond acceptors (Lipinski definition) is 6. The number of aromatic amines is 1. The number of aromatic nitrogens is 2. The summed E-state index contributed by atoms with van der Waals surface area (Å²) < 4.78 is 11.1. The van der Waals surface area contributed by atoms with Crippen LogP contribution in [0.2, 0.25) is 0 Å². The molecular weight excluding hydrogens is 352 g/mol. The zero-order valence-corrected chi connectivity index (χ0v) is 15.7. The lowest BCUT2D eigenvalue weighted by atomic mass is 9.98. The van der Waals surface area contributed by atoms with Crippen molar-refractivity contribution < 1.29 is 19.2 Å². The SMILES string of the molecule is CC(C)(C)OC(=O)N1CCC(COc2nc3ccc([N+](=O)[O-])cc3[nH]2)CC1. The van der Waals surface area contributed by atoms with E-state index in [0.717, 1.165) is 12.8 Å². The van der Waals surface area contributed by atoms with Crippen LogP contribution < -0.4 is 4.74 Å². The second-order valence-corrected chi connectivity index (χ2v) is 7.72. The number of hydrogen-bond donors (Lipinski definition) is 1. The summed E-state index contributed by atoms with van der Waals surface area (Å²) >= 11 is 0. The Bertz CT molecular complexity index is 834. The number of nitrogens with zero attached hydrogens (tertiary/aromatic N) is 3. The second-order valence-electron chi connectivity index (χ2n) is 7.72. The molecule has 0 bridgehead atoms. The van der Waals surface area contributed by atoms with Crippen LogP contribution in [0.3, 0.4) is 0 Å². The molecule has 0 unspecified atom stereocenters. The summed E-state index contributed by atoms with van der Waals surface area (Å²) in [6.07, 6.45) is 1.37. The lowest BCUT2D eigenvalue weighted by Crippen LogP contribution is -2.42. The Morgan fingerprint density at radius 1 is 1.37 bits per heavy atom. The van der Waals surface area contributed by atoms with Crippen molar-refractivity contribution in [1.82, 2.24) is 14.9 Å². The minimum absolute atomic E-state index is 0.00668. The van der Waals surface area contributed by atoms with E-state index in [1.165, 1.54) is 12.1 Å². The van der Waals surface area contributed by atoms with Gasteiger partial charge in [-0.15, -0.1) is 0 Å². The van der Waals surface area contributed by atoms with Gasteiger partial charge in [-0.1, -0.05) is 0 Å². The van der Waals surface area contributed by atoms with Crippen LogP contribution in [0, 0.1) is 16.0 Å². The maximum absolute atomic E-state index is 12.1. The molecule has 1 aliphatic rings. The number of fused-ring (bicyclic) bond motifs is 1. The highest BCUT2D eigenvalue weighted by molar-refractivity contribution is 5.78. The fourth-order valence-electron chi connectivity index (χ4n) is 2.96. The molecule has 1 fully saturated rings. The molecular formula is C18H24N4O5. The molecule has 0 radical (unpaired) electrons. The van der Waals surface area contributed by atoms with Crippen molar-refractivity contribution in [3.8, 4) is 6.01 Å². The van der Waals surface area contributed by atoms with E-state index in [4.69, 9.17) is 9.47 Å². The van der Waals surface area contributed by atoms with Crippen molar-refractivity contribution in [2.24, 2.45) is 5.92 Å². The van der Waals surface area contributed by atoms with Crippen molar-refractivity contribution >= 4 is 22.8 Å². The quantitative estimate of drug-likeness (QED) is 0.646. The zero-order chi connectivity index (χ0) is 19.6. The monoisotopic (exact) mass is 376 g/mol. The van der Waals surface area contributed by atoms with Crippen molar-refractivity contribution in [3.05, 3.63) is 28.3 Å². The predicted molar refractivity (Wildman–Crippen MR) is 98.8 cm³/mol. The summed E-state index contributed by atoms with van der Waals surface area (Å²) in [4.78, 5) is 31.5. The first kappa shape index (κ1) is 18.9. The number of piperidine rings is 1. The molecule has 146 valence electrons. The number of nitro groups is 1. The van der Waals surface area contributed by atoms with E-state index in [-0.39, 0.29) is 11.8 Å². The molecule has 1 aromatic heterocycles. The highest BCUT2D eigenvalue weighted by atomic mass is 16.6. The Balaban J connectivity index is 1.51. The first-order valence-electron chi connectivity index (χ1n) is 8.96. The van der Waals surface area contributed by atoms with E-state index in [0.29, 0.717) is 42.7 Å². The topological polar surface area (TPSA) is 111 Å². The van der Waals surface area contributed by atoms with E-state index in [2.05, 4.69) is 9.97 Å². The summed E-state index contributed by atoms with van der Waals surface area (Å²) in [5.74, 6) is 0.311. The Kier molecular flexibility index (Phi) is 5.20. The van der Waals surface area contributed by atoms with Gasteiger partial charge in [0.15, 0.2) is 0 Å². The third-order valence-electron chi connectivity index (χ3n) is 4.38. The smallest absolute Gasteiger partial charge is 0.410 e. The second kappa shape index (κ2) is 7.42. The molecule has 9 nitrogen and oxygen atoms in total. The molecule has 3 rings (SSSR count). The number of amides is 1. The summed E-state index contributed by atoms with van der Waals surface area (Å²) in [6, 6.07) is 4.80.